The molecule has 0 aromatic heterocycles. The van der Waals surface area contributed by atoms with E-state index in [1.807, 2.05) is 0 Å². The highest BCUT2D eigenvalue weighted by Crippen LogP contribution is 2.25. The molecule has 0 radical (unpaired) electrons. The Morgan fingerprint density at radius 2 is 2.14 bits per heavy atom. The van der Waals surface area contributed by atoms with Crippen LogP contribution in [0.1, 0.15) is 6.42 Å². The molecule has 1 atom stereocenters. The first-order chi connectivity index (χ1) is 9.77. The zero-order valence-corrected chi connectivity index (χ0v) is 12.4. The highest BCUT2D eigenvalue weighted by Gasteiger charge is 2.28. The van der Waals surface area contributed by atoms with E-state index in [0.717, 1.165) is 18.2 Å². The van der Waals surface area contributed by atoms with Crippen molar-refractivity contribution in [2.45, 2.75) is 12.5 Å². The Balaban J connectivity index is 2.03. The Labute approximate surface area is 126 Å². The van der Waals surface area contributed by atoms with Crippen LogP contribution < -0.4 is 15.7 Å². The quantitative estimate of drug-likeness (QED) is 0.455. The van der Waals surface area contributed by atoms with Crippen molar-refractivity contribution >= 4 is 38.5 Å². The molecule has 8 nitrogen and oxygen atoms in total. The average Bonchev–Trinajstić information content (AvgIpc) is 2.71. The van der Waals surface area contributed by atoms with Gasteiger partial charge < -0.3 is 15.7 Å². The first kappa shape index (κ1) is 15.4. The van der Waals surface area contributed by atoms with Gasteiger partial charge in [-0.2, -0.15) is 0 Å². The average molecular weight is 330 g/mol. The van der Waals surface area contributed by atoms with Gasteiger partial charge in [0.15, 0.2) is 14.9 Å². The van der Waals surface area contributed by atoms with Gasteiger partial charge in [-0.15, -0.1) is 0 Å². The summed E-state index contributed by atoms with van der Waals surface area (Å²) < 4.78 is 22.7. The Kier molecular flexibility index (Phi) is 4.28. The smallest absolute Gasteiger partial charge is 0.271 e. The maximum absolute atomic E-state index is 11.6. The Morgan fingerprint density at radius 1 is 1.43 bits per heavy atom. The minimum atomic E-state index is -3.04. The van der Waals surface area contributed by atoms with Crippen LogP contribution in [0.25, 0.3) is 0 Å². The fraction of sp³-hybridized carbons (Fsp3) is 0.364. The number of rotatable bonds is 3. The van der Waals surface area contributed by atoms with E-state index in [0.29, 0.717) is 6.42 Å². The van der Waals surface area contributed by atoms with E-state index in [2.05, 4.69) is 10.6 Å². The third-order valence-electron chi connectivity index (χ3n) is 2.99. The number of non-ortho nitro benzene ring substituents is 1. The number of nitrogens with one attached hydrogen (secondary N) is 2. The van der Waals surface area contributed by atoms with Crippen molar-refractivity contribution in [3.63, 3.8) is 0 Å². The Hall–Kier alpha value is -1.94. The van der Waals surface area contributed by atoms with Crippen LogP contribution in [0.4, 0.5) is 11.4 Å². The van der Waals surface area contributed by atoms with Gasteiger partial charge >= 0.3 is 0 Å². The molecule has 2 rings (SSSR count). The van der Waals surface area contributed by atoms with Crippen LogP contribution in [0.15, 0.2) is 18.2 Å². The third-order valence-corrected chi connectivity index (χ3v) is 4.98. The number of nitro benzene ring substituents is 1. The summed E-state index contributed by atoms with van der Waals surface area (Å²) in [5.74, 6) is -0.367. The maximum Gasteiger partial charge on any atom is 0.271 e. The molecular formula is C11H12N3O5S2-. The third kappa shape index (κ3) is 4.02. The van der Waals surface area contributed by atoms with Crippen molar-refractivity contribution in [3.05, 3.63) is 28.3 Å². The molecule has 1 fully saturated rings. The molecular weight excluding hydrogens is 318 g/mol. The van der Waals surface area contributed by atoms with E-state index in [-0.39, 0.29) is 34.0 Å². The number of nitrogens with zero attached hydrogens (tertiary/aromatic N) is 1. The Bertz CT molecular complexity index is 689. The van der Waals surface area contributed by atoms with Crippen LogP contribution in [-0.4, -0.2) is 36.0 Å². The van der Waals surface area contributed by atoms with E-state index < -0.39 is 20.5 Å². The number of hydrogen-bond acceptors (Lipinski definition) is 6. The molecule has 1 aliphatic heterocycles. The summed E-state index contributed by atoms with van der Waals surface area (Å²) in [5.41, 5.74) is -0.258. The minimum Gasteiger partial charge on any atom is -0.871 e. The van der Waals surface area contributed by atoms with Crippen LogP contribution in [0.5, 0.6) is 5.75 Å². The SMILES string of the molecule is O=[N+]([O-])c1ccc([O-])c(NC(=S)N[C@@H]2CCS(=O)(=O)C2)c1. The summed E-state index contributed by atoms with van der Waals surface area (Å²) in [6.45, 7) is 0. The van der Waals surface area contributed by atoms with Gasteiger partial charge in [-0.1, -0.05) is 11.8 Å². The molecule has 10 heteroatoms. The lowest BCUT2D eigenvalue weighted by atomic mass is 10.2. The second-order valence-electron chi connectivity index (χ2n) is 4.64. The predicted molar refractivity (Wildman–Crippen MR) is 79.0 cm³/mol. The van der Waals surface area contributed by atoms with Gasteiger partial charge in [-0.25, -0.2) is 8.42 Å². The number of anilines is 1. The molecule has 1 aliphatic rings. The van der Waals surface area contributed by atoms with E-state index in [1.165, 1.54) is 0 Å². The maximum atomic E-state index is 11.6. The van der Waals surface area contributed by atoms with Crippen LogP contribution in [-0.2, 0) is 9.84 Å². The first-order valence-corrected chi connectivity index (χ1v) is 8.23. The summed E-state index contributed by atoms with van der Waals surface area (Å²) in [7, 11) is -3.04. The molecule has 0 spiro atoms. The zero-order chi connectivity index (χ0) is 15.6. The van der Waals surface area contributed by atoms with Crippen molar-refractivity contribution in [1.82, 2.24) is 5.32 Å². The van der Waals surface area contributed by atoms with Gasteiger partial charge in [0.1, 0.15) is 0 Å². The molecule has 1 aromatic rings. The standard InChI is InChI=1S/C11H13N3O5S2/c15-10-2-1-8(14(16)17)5-9(10)13-11(20)12-7-3-4-21(18,19)6-7/h1-2,5,7,15H,3-4,6H2,(H2,12,13,20)/p-1/t7-/m1/s1. The normalized spacial score (nSPS) is 19.9. The van der Waals surface area contributed by atoms with E-state index in [4.69, 9.17) is 12.2 Å². The van der Waals surface area contributed by atoms with Crippen molar-refractivity contribution in [3.8, 4) is 5.75 Å². The monoisotopic (exact) mass is 330 g/mol. The largest absolute Gasteiger partial charge is 0.871 e. The number of sulfone groups is 1. The summed E-state index contributed by atoms with van der Waals surface area (Å²) in [6.07, 6.45) is 0.434. The fourth-order valence-corrected chi connectivity index (χ4v) is 3.93. The first-order valence-electron chi connectivity index (χ1n) is 6.00. The number of nitro groups is 1. The van der Waals surface area contributed by atoms with Gasteiger partial charge in [-0.3, -0.25) is 10.1 Å². The molecule has 0 amide bonds. The van der Waals surface area contributed by atoms with Gasteiger partial charge in [0.25, 0.3) is 5.69 Å². The van der Waals surface area contributed by atoms with Gasteiger partial charge in [0, 0.05) is 23.9 Å². The molecule has 1 saturated heterocycles. The molecule has 2 N–H and O–H groups in total. The van der Waals surface area contributed by atoms with Crippen LogP contribution >= 0.6 is 12.2 Å². The second-order valence-corrected chi connectivity index (χ2v) is 7.27. The van der Waals surface area contributed by atoms with Crippen LogP contribution in [0.2, 0.25) is 0 Å². The van der Waals surface area contributed by atoms with Gasteiger partial charge in [-0.05, 0) is 18.6 Å². The van der Waals surface area contributed by atoms with Crippen molar-refractivity contribution < 1.29 is 18.4 Å². The highest BCUT2D eigenvalue weighted by atomic mass is 32.2. The summed E-state index contributed by atoms with van der Waals surface area (Å²) in [4.78, 5) is 10.0. The molecule has 0 aliphatic carbocycles. The van der Waals surface area contributed by atoms with E-state index >= 15 is 0 Å². The lowest BCUT2D eigenvalue weighted by Crippen LogP contribution is -2.38. The molecule has 0 bridgehead atoms. The number of hydrogen-bond donors (Lipinski definition) is 2. The van der Waals surface area contributed by atoms with Crippen molar-refractivity contribution in [2.24, 2.45) is 0 Å². The van der Waals surface area contributed by atoms with Crippen LogP contribution in [0, 0.1) is 10.1 Å². The van der Waals surface area contributed by atoms with Crippen LogP contribution in [0.3, 0.4) is 0 Å². The molecule has 1 heterocycles. The van der Waals surface area contributed by atoms with Gasteiger partial charge in [0.05, 0.1) is 16.4 Å². The minimum absolute atomic E-state index is 0.0199. The van der Waals surface area contributed by atoms with Gasteiger partial charge in [0.2, 0.25) is 0 Å². The lowest BCUT2D eigenvalue weighted by Gasteiger charge is -2.18. The van der Waals surface area contributed by atoms with E-state index in [1.54, 1.807) is 0 Å². The Morgan fingerprint density at radius 3 is 2.71 bits per heavy atom. The van der Waals surface area contributed by atoms with Crippen molar-refractivity contribution in [2.75, 3.05) is 16.8 Å². The second kappa shape index (κ2) is 5.82. The highest BCUT2D eigenvalue weighted by molar-refractivity contribution is 7.91. The molecule has 21 heavy (non-hydrogen) atoms. The topological polar surface area (TPSA) is 124 Å². The zero-order valence-electron chi connectivity index (χ0n) is 10.7. The summed E-state index contributed by atoms with van der Waals surface area (Å²) >= 11 is 4.99. The molecule has 114 valence electrons. The van der Waals surface area contributed by atoms with Crippen molar-refractivity contribution in [1.29, 1.82) is 0 Å². The van der Waals surface area contributed by atoms with E-state index in [9.17, 15) is 23.6 Å². The predicted octanol–water partition coefficient (Wildman–Crippen LogP) is 0.142. The number of thiocarbonyl (C=S) groups is 1. The summed E-state index contributed by atoms with van der Waals surface area (Å²) in [5, 5.41) is 27.7. The molecule has 1 aromatic carbocycles. The molecule has 0 saturated carbocycles. The lowest BCUT2D eigenvalue weighted by molar-refractivity contribution is -0.385. The number of benzene rings is 1. The summed E-state index contributed by atoms with van der Waals surface area (Å²) in [6, 6.07) is 2.95. The fourth-order valence-electron chi connectivity index (χ4n) is 1.98. The molecule has 0 unspecified atom stereocenters.